The van der Waals surface area contributed by atoms with Gasteiger partial charge in [0.2, 0.25) is 6.79 Å². The molecule has 1 aromatic carbocycles. The molecule has 0 saturated carbocycles. The molecule has 0 atom stereocenters. The van der Waals surface area contributed by atoms with Crippen molar-refractivity contribution in [2.75, 3.05) is 60.8 Å². The molecule has 0 aliphatic carbocycles. The summed E-state index contributed by atoms with van der Waals surface area (Å²) >= 11 is 0. The molecule has 0 unspecified atom stereocenters. The third-order valence-corrected chi connectivity index (χ3v) is 5.30. The Balaban J connectivity index is 1.43. The van der Waals surface area contributed by atoms with E-state index in [0.717, 1.165) is 56.8 Å². The lowest BCUT2D eigenvalue weighted by Crippen LogP contribution is -2.43. The smallest absolute Gasteiger partial charge is 0.231 e. The summed E-state index contributed by atoms with van der Waals surface area (Å²) in [6, 6.07) is 6.09. The number of hydrogen-bond acceptors (Lipinski definition) is 5. The van der Waals surface area contributed by atoms with Crippen molar-refractivity contribution < 1.29 is 14.2 Å². The molecule has 1 fully saturated rings. The summed E-state index contributed by atoms with van der Waals surface area (Å²) in [5.74, 6) is 3.26. The highest BCUT2D eigenvalue weighted by atomic mass is 16.7. The van der Waals surface area contributed by atoms with Gasteiger partial charge >= 0.3 is 0 Å². The number of likely N-dealkylation sites (tertiary alicyclic amines) is 1. The number of benzene rings is 1. The average molecular weight is 377 g/mol. The molecular weight excluding hydrogens is 344 g/mol. The first-order valence-electron chi connectivity index (χ1n) is 9.71. The lowest BCUT2D eigenvalue weighted by Gasteiger charge is -2.32. The van der Waals surface area contributed by atoms with Crippen LogP contribution in [0.5, 0.6) is 11.5 Å². The fourth-order valence-electron chi connectivity index (χ4n) is 3.64. The maximum absolute atomic E-state index is 5.47. The van der Waals surface area contributed by atoms with Gasteiger partial charge in [0.1, 0.15) is 0 Å². The molecule has 7 nitrogen and oxygen atoms in total. The first-order chi connectivity index (χ1) is 13.2. The van der Waals surface area contributed by atoms with E-state index in [9.17, 15) is 0 Å². The molecule has 0 radical (unpaired) electrons. The van der Waals surface area contributed by atoms with Crippen molar-refractivity contribution in [3.8, 4) is 11.5 Å². The van der Waals surface area contributed by atoms with Crippen molar-refractivity contribution in [2.24, 2.45) is 10.9 Å². The van der Waals surface area contributed by atoms with Crippen LogP contribution >= 0.6 is 0 Å². The van der Waals surface area contributed by atoms with Crippen LogP contribution in [0.15, 0.2) is 23.2 Å². The third kappa shape index (κ3) is 5.49. The number of ether oxygens (including phenoxy) is 3. The molecule has 150 valence electrons. The SMILES string of the molecule is CN=C(NCC1CCN(CCOC)CC1)N(C)Cc1ccc2c(c1)OCO2. The maximum atomic E-state index is 5.47. The number of hydrogen-bond donors (Lipinski definition) is 1. The van der Waals surface area contributed by atoms with Gasteiger partial charge in [-0.15, -0.1) is 0 Å². The molecule has 0 aromatic heterocycles. The predicted molar refractivity (Wildman–Crippen MR) is 106 cm³/mol. The third-order valence-electron chi connectivity index (χ3n) is 5.30. The molecule has 2 aliphatic rings. The zero-order chi connectivity index (χ0) is 19.1. The second-order valence-electron chi connectivity index (χ2n) is 7.25. The molecule has 0 spiro atoms. The molecule has 0 bridgehead atoms. The normalized spacial score (nSPS) is 18.0. The van der Waals surface area contributed by atoms with E-state index in [1.165, 1.54) is 18.4 Å². The molecule has 1 aromatic rings. The van der Waals surface area contributed by atoms with Gasteiger partial charge in [-0.05, 0) is 49.5 Å². The number of rotatable bonds is 7. The summed E-state index contributed by atoms with van der Waals surface area (Å²) in [5.41, 5.74) is 1.18. The maximum Gasteiger partial charge on any atom is 0.231 e. The molecule has 27 heavy (non-hydrogen) atoms. The van der Waals surface area contributed by atoms with Gasteiger partial charge in [0.05, 0.1) is 6.61 Å². The number of aliphatic imine (C=N–C) groups is 1. The van der Waals surface area contributed by atoms with Crippen molar-refractivity contribution in [1.29, 1.82) is 0 Å². The summed E-state index contributed by atoms with van der Waals surface area (Å²) in [7, 11) is 5.67. The summed E-state index contributed by atoms with van der Waals surface area (Å²) in [4.78, 5) is 9.08. The van der Waals surface area contributed by atoms with Crippen LogP contribution in [0.25, 0.3) is 0 Å². The van der Waals surface area contributed by atoms with Gasteiger partial charge in [0, 0.05) is 40.8 Å². The summed E-state index contributed by atoms with van der Waals surface area (Å²) < 4.78 is 16.0. The summed E-state index contributed by atoms with van der Waals surface area (Å²) in [6.07, 6.45) is 2.44. The fourth-order valence-corrected chi connectivity index (χ4v) is 3.64. The molecule has 1 N–H and O–H groups in total. The first-order valence-corrected chi connectivity index (χ1v) is 9.71. The standard InChI is InChI=1S/C20H32N4O3/c1-21-20(22-13-16-6-8-24(9-7-16)10-11-25-3)23(2)14-17-4-5-18-19(12-17)27-15-26-18/h4-5,12,16H,6-11,13-15H2,1-3H3,(H,21,22). The Morgan fingerprint density at radius 2 is 2.07 bits per heavy atom. The Kier molecular flexibility index (Phi) is 7.18. The number of nitrogens with one attached hydrogen (secondary N) is 1. The van der Waals surface area contributed by atoms with Gasteiger partial charge in [0.25, 0.3) is 0 Å². The van der Waals surface area contributed by atoms with E-state index in [0.29, 0.717) is 12.7 Å². The van der Waals surface area contributed by atoms with Gasteiger partial charge in [-0.1, -0.05) is 6.07 Å². The quantitative estimate of drug-likeness (QED) is 0.578. The van der Waals surface area contributed by atoms with E-state index >= 15 is 0 Å². The van der Waals surface area contributed by atoms with Gasteiger partial charge < -0.3 is 29.3 Å². The fraction of sp³-hybridized carbons (Fsp3) is 0.650. The predicted octanol–water partition coefficient (Wildman–Crippen LogP) is 1.78. The van der Waals surface area contributed by atoms with Crippen LogP contribution in [-0.4, -0.2) is 76.5 Å². The van der Waals surface area contributed by atoms with Crippen molar-refractivity contribution in [1.82, 2.24) is 15.1 Å². The highest BCUT2D eigenvalue weighted by Gasteiger charge is 2.20. The highest BCUT2D eigenvalue weighted by molar-refractivity contribution is 5.79. The van der Waals surface area contributed by atoms with Crippen LogP contribution in [0, 0.1) is 5.92 Å². The van der Waals surface area contributed by atoms with E-state index < -0.39 is 0 Å². The lowest BCUT2D eigenvalue weighted by molar-refractivity contribution is 0.120. The lowest BCUT2D eigenvalue weighted by atomic mass is 9.97. The number of fused-ring (bicyclic) bond motifs is 1. The van der Waals surface area contributed by atoms with Gasteiger partial charge in [-0.3, -0.25) is 4.99 Å². The van der Waals surface area contributed by atoms with Crippen LogP contribution < -0.4 is 14.8 Å². The molecule has 0 amide bonds. The van der Waals surface area contributed by atoms with E-state index in [2.05, 4.69) is 33.2 Å². The first kappa shape index (κ1) is 19.8. The Morgan fingerprint density at radius 3 is 2.81 bits per heavy atom. The van der Waals surface area contributed by atoms with Crippen LogP contribution in [0.4, 0.5) is 0 Å². The Bertz CT molecular complexity index is 630. The van der Waals surface area contributed by atoms with Crippen LogP contribution in [0.2, 0.25) is 0 Å². The second kappa shape index (κ2) is 9.80. The van der Waals surface area contributed by atoms with Gasteiger partial charge in [0.15, 0.2) is 17.5 Å². The minimum atomic E-state index is 0.308. The van der Waals surface area contributed by atoms with Crippen molar-refractivity contribution in [3.63, 3.8) is 0 Å². The topological polar surface area (TPSA) is 58.6 Å². The minimum absolute atomic E-state index is 0.308. The summed E-state index contributed by atoms with van der Waals surface area (Å²) in [6.45, 7) is 6.21. The highest BCUT2D eigenvalue weighted by Crippen LogP contribution is 2.32. The Morgan fingerprint density at radius 1 is 1.30 bits per heavy atom. The molecule has 2 heterocycles. The number of methoxy groups -OCH3 is 1. The van der Waals surface area contributed by atoms with Gasteiger partial charge in [-0.2, -0.15) is 0 Å². The van der Waals surface area contributed by atoms with Crippen LogP contribution in [-0.2, 0) is 11.3 Å². The largest absolute Gasteiger partial charge is 0.454 e. The Hall–Kier alpha value is -1.99. The van der Waals surface area contributed by atoms with E-state index in [4.69, 9.17) is 14.2 Å². The molecule has 3 rings (SSSR count). The second-order valence-corrected chi connectivity index (χ2v) is 7.25. The van der Waals surface area contributed by atoms with Crippen LogP contribution in [0.3, 0.4) is 0 Å². The molecule has 2 aliphatic heterocycles. The van der Waals surface area contributed by atoms with E-state index in [-0.39, 0.29) is 0 Å². The molecule has 7 heteroatoms. The average Bonchev–Trinajstić information content (AvgIpc) is 3.15. The van der Waals surface area contributed by atoms with Crippen LogP contribution in [0.1, 0.15) is 18.4 Å². The number of piperidine rings is 1. The Labute approximate surface area is 162 Å². The van der Waals surface area contributed by atoms with E-state index in [1.54, 1.807) is 7.11 Å². The minimum Gasteiger partial charge on any atom is -0.454 e. The van der Waals surface area contributed by atoms with E-state index in [1.807, 2.05) is 19.2 Å². The molecular formula is C20H32N4O3. The number of guanidine groups is 1. The zero-order valence-electron chi connectivity index (χ0n) is 16.7. The monoisotopic (exact) mass is 376 g/mol. The number of nitrogens with zero attached hydrogens (tertiary/aromatic N) is 3. The van der Waals surface area contributed by atoms with Crippen molar-refractivity contribution in [2.45, 2.75) is 19.4 Å². The van der Waals surface area contributed by atoms with Gasteiger partial charge in [-0.25, -0.2) is 0 Å². The van der Waals surface area contributed by atoms with Crippen molar-refractivity contribution >= 4 is 5.96 Å². The summed E-state index contributed by atoms with van der Waals surface area (Å²) in [5, 5.41) is 3.55. The molecule has 1 saturated heterocycles. The van der Waals surface area contributed by atoms with Crippen molar-refractivity contribution in [3.05, 3.63) is 23.8 Å². The zero-order valence-corrected chi connectivity index (χ0v) is 16.7.